The van der Waals surface area contributed by atoms with Crippen LogP contribution in [0.1, 0.15) is 5.56 Å². The van der Waals surface area contributed by atoms with Crippen molar-refractivity contribution < 1.29 is 4.39 Å². The molecule has 0 N–H and O–H groups in total. The molecule has 4 heteroatoms. The minimum atomic E-state index is -0.263. The normalized spacial score (nSPS) is 10.5. The number of aryl methyl sites for hydroxylation is 2. The van der Waals surface area contributed by atoms with Gasteiger partial charge in [-0.2, -0.15) is 0 Å². The first-order valence-corrected chi connectivity index (χ1v) is 4.29. The minimum absolute atomic E-state index is 0.263. The smallest absolute Gasteiger partial charge is 0.166 e. The van der Waals surface area contributed by atoms with Crippen LogP contribution >= 0.6 is 0 Å². The Morgan fingerprint density at radius 1 is 1.36 bits per heavy atom. The monoisotopic (exact) mass is 191 g/mol. The maximum Gasteiger partial charge on any atom is 0.166 e. The highest BCUT2D eigenvalue weighted by molar-refractivity contribution is 5.56. The topological polar surface area (TPSA) is 30.7 Å². The molecule has 0 unspecified atom stereocenters. The van der Waals surface area contributed by atoms with E-state index in [1.807, 2.05) is 13.0 Å². The molecule has 0 radical (unpaired) electrons. The van der Waals surface area contributed by atoms with Crippen molar-refractivity contribution in [1.29, 1.82) is 0 Å². The summed E-state index contributed by atoms with van der Waals surface area (Å²) in [5, 5.41) is 7.56. The molecule has 2 aromatic rings. The van der Waals surface area contributed by atoms with E-state index in [4.69, 9.17) is 0 Å². The maximum atomic E-state index is 13.5. The first-order chi connectivity index (χ1) is 6.68. The third kappa shape index (κ3) is 1.39. The predicted octanol–water partition coefficient (Wildman–Crippen LogP) is 1.93. The van der Waals surface area contributed by atoms with Crippen LogP contribution in [0.2, 0.25) is 0 Å². The van der Waals surface area contributed by atoms with Crippen molar-refractivity contribution in [3.8, 4) is 11.4 Å². The molecule has 0 aliphatic heterocycles. The van der Waals surface area contributed by atoms with E-state index in [0.29, 0.717) is 11.4 Å². The summed E-state index contributed by atoms with van der Waals surface area (Å²) in [4.78, 5) is 0. The molecule has 2 rings (SSSR count). The van der Waals surface area contributed by atoms with Crippen LogP contribution < -0.4 is 0 Å². The van der Waals surface area contributed by atoms with Crippen molar-refractivity contribution in [3.05, 3.63) is 35.9 Å². The van der Waals surface area contributed by atoms with Crippen LogP contribution in [-0.2, 0) is 7.05 Å². The minimum Gasteiger partial charge on any atom is -0.317 e. The summed E-state index contributed by atoms with van der Waals surface area (Å²) >= 11 is 0. The highest BCUT2D eigenvalue weighted by Crippen LogP contribution is 2.20. The van der Waals surface area contributed by atoms with Gasteiger partial charge >= 0.3 is 0 Å². The molecule has 3 nitrogen and oxygen atoms in total. The molecule has 0 aliphatic carbocycles. The summed E-state index contributed by atoms with van der Waals surface area (Å²) in [7, 11) is 1.79. The number of aromatic nitrogens is 3. The van der Waals surface area contributed by atoms with Crippen LogP contribution in [0.3, 0.4) is 0 Å². The van der Waals surface area contributed by atoms with Crippen molar-refractivity contribution in [3.63, 3.8) is 0 Å². The lowest BCUT2D eigenvalue weighted by Crippen LogP contribution is -1.94. The molecule has 0 fully saturated rings. The van der Waals surface area contributed by atoms with Crippen LogP contribution in [0.15, 0.2) is 24.5 Å². The number of nitrogens with zero attached hydrogens (tertiary/aromatic N) is 3. The molecule has 1 aromatic carbocycles. The van der Waals surface area contributed by atoms with E-state index in [2.05, 4.69) is 10.2 Å². The summed E-state index contributed by atoms with van der Waals surface area (Å²) in [6.07, 6.45) is 1.55. The third-order valence-corrected chi connectivity index (χ3v) is 2.08. The first kappa shape index (κ1) is 8.87. The summed E-state index contributed by atoms with van der Waals surface area (Å²) in [5.74, 6) is 0.281. The molecule has 0 saturated carbocycles. The van der Waals surface area contributed by atoms with Crippen molar-refractivity contribution in [2.75, 3.05) is 0 Å². The van der Waals surface area contributed by atoms with Gasteiger partial charge in [-0.3, -0.25) is 0 Å². The quantitative estimate of drug-likeness (QED) is 0.689. The standard InChI is InChI=1S/C10H10FN3/c1-7-3-4-8(9(11)5-7)10-13-12-6-14(10)2/h3-6H,1-2H3. The highest BCUT2D eigenvalue weighted by atomic mass is 19.1. The van der Waals surface area contributed by atoms with Crippen LogP contribution in [0.5, 0.6) is 0 Å². The molecule has 0 spiro atoms. The Morgan fingerprint density at radius 3 is 2.71 bits per heavy atom. The van der Waals surface area contributed by atoms with Crippen molar-refractivity contribution in [2.45, 2.75) is 6.92 Å². The van der Waals surface area contributed by atoms with Gasteiger partial charge < -0.3 is 4.57 Å². The van der Waals surface area contributed by atoms with E-state index in [-0.39, 0.29) is 5.82 Å². The summed E-state index contributed by atoms with van der Waals surface area (Å²) in [5.41, 5.74) is 1.38. The van der Waals surface area contributed by atoms with Gasteiger partial charge in [-0.1, -0.05) is 6.07 Å². The SMILES string of the molecule is Cc1ccc(-c2nncn2C)c(F)c1. The Balaban J connectivity index is 2.58. The van der Waals surface area contributed by atoms with E-state index >= 15 is 0 Å². The van der Waals surface area contributed by atoms with Crippen LogP contribution in [0.25, 0.3) is 11.4 Å². The lowest BCUT2D eigenvalue weighted by atomic mass is 10.1. The van der Waals surface area contributed by atoms with E-state index in [1.165, 1.54) is 6.07 Å². The molecular weight excluding hydrogens is 181 g/mol. The lowest BCUT2D eigenvalue weighted by Gasteiger charge is -2.02. The fourth-order valence-corrected chi connectivity index (χ4v) is 1.33. The number of hydrogen-bond acceptors (Lipinski definition) is 2. The average Bonchev–Trinajstić information content (AvgIpc) is 2.52. The zero-order valence-corrected chi connectivity index (χ0v) is 8.03. The molecule has 72 valence electrons. The molecule has 0 bridgehead atoms. The van der Waals surface area contributed by atoms with E-state index in [9.17, 15) is 4.39 Å². The van der Waals surface area contributed by atoms with Gasteiger partial charge in [0.2, 0.25) is 0 Å². The maximum absolute atomic E-state index is 13.5. The zero-order valence-electron chi connectivity index (χ0n) is 8.03. The van der Waals surface area contributed by atoms with E-state index in [0.717, 1.165) is 5.56 Å². The van der Waals surface area contributed by atoms with Gasteiger partial charge in [0.15, 0.2) is 5.82 Å². The van der Waals surface area contributed by atoms with Crippen molar-refractivity contribution in [1.82, 2.24) is 14.8 Å². The largest absolute Gasteiger partial charge is 0.317 e. The third-order valence-electron chi connectivity index (χ3n) is 2.08. The Bertz CT molecular complexity index is 462. The number of rotatable bonds is 1. The van der Waals surface area contributed by atoms with E-state index in [1.54, 1.807) is 24.0 Å². The van der Waals surface area contributed by atoms with Crippen molar-refractivity contribution >= 4 is 0 Å². The molecule has 0 saturated heterocycles. The van der Waals surface area contributed by atoms with Crippen LogP contribution in [-0.4, -0.2) is 14.8 Å². The second-order valence-corrected chi connectivity index (χ2v) is 3.25. The summed E-state index contributed by atoms with van der Waals surface area (Å²) in [6, 6.07) is 5.06. The van der Waals surface area contributed by atoms with Crippen molar-refractivity contribution in [2.24, 2.45) is 7.05 Å². The molecule has 0 aliphatic rings. The van der Waals surface area contributed by atoms with Gasteiger partial charge in [0, 0.05) is 7.05 Å². The van der Waals surface area contributed by atoms with Gasteiger partial charge in [-0.15, -0.1) is 10.2 Å². The zero-order chi connectivity index (χ0) is 10.1. The highest BCUT2D eigenvalue weighted by Gasteiger charge is 2.09. The molecule has 1 aromatic heterocycles. The van der Waals surface area contributed by atoms with Gasteiger partial charge in [0.1, 0.15) is 12.1 Å². The Kier molecular flexibility index (Phi) is 2.04. The number of halogens is 1. The fourth-order valence-electron chi connectivity index (χ4n) is 1.33. The Labute approximate surface area is 81.2 Å². The number of hydrogen-bond donors (Lipinski definition) is 0. The fraction of sp³-hybridized carbons (Fsp3) is 0.200. The van der Waals surface area contributed by atoms with Crippen LogP contribution in [0.4, 0.5) is 4.39 Å². The summed E-state index contributed by atoms with van der Waals surface area (Å²) < 4.78 is 15.2. The molecule has 14 heavy (non-hydrogen) atoms. The average molecular weight is 191 g/mol. The van der Waals surface area contributed by atoms with Gasteiger partial charge in [-0.25, -0.2) is 4.39 Å². The Morgan fingerprint density at radius 2 is 2.14 bits per heavy atom. The second kappa shape index (κ2) is 3.21. The summed E-state index contributed by atoms with van der Waals surface area (Å²) in [6.45, 7) is 1.85. The van der Waals surface area contributed by atoms with Gasteiger partial charge in [0.05, 0.1) is 5.56 Å². The molecule has 0 atom stereocenters. The first-order valence-electron chi connectivity index (χ1n) is 4.29. The molecular formula is C10H10FN3. The van der Waals surface area contributed by atoms with Gasteiger partial charge in [0.25, 0.3) is 0 Å². The van der Waals surface area contributed by atoms with E-state index < -0.39 is 0 Å². The number of benzene rings is 1. The van der Waals surface area contributed by atoms with Crippen LogP contribution in [0, 0.1) is 12.7 Å². The predicted molar refractivity (Wildman–Crippen MR) is 51.1 cm³/mol. The van der Waals surface area contributed by atoms with Gasteiger partial charge in [-0.05, 0) is 24.6 Å². The second-order valence-electron chi connectivity index (χ2n) is 3.25. The molecule has 0 amide bonds. The lowest BCUT2D eigenvalue weighted by molar-refractivity contribution is 0.627. The Hall–Kier alpha value is -1.71. The molecule has 1 heterocycles.